The second-order valence-corrected chi connectivity index (χ2v) is 16.7. The van der Waals surface area contributed by atoms with Crippen LogP contribution in [0.15, 0.2) is 0 Å². The lowest BCUT2D eigenvalue weighted by Crippen LogP contribution is -2.24. The van der Waals surface area contributed by atoms with Gasteiger partial charge in [-0.2, -0.15) is 0 Å². The summed E-state index contributed by atoms with van der Waals surface area (Å²) in [5.74, 6) is -3.56. The maximum atomic E-state index is 12.7. The van der Waals surface area contributed by atoms with E-state index in [0.717, 1.165) is 0 Å². The SMILES string of the molecule is CC(=O)NCc1c(I)c(NC(=O)CCOCCOCCOCCC(=O)Nc2c(I)c(CNC(C)=O)c(I)c(C(=O)O)c2I)c(I)c(C(=O)O)c1I. The molecule has 0 spiro atoms. The standard InChI is InChI=1S/C30H32I6N4O11/c1-13(41)37-11-15-21(31)19(29(45)46)25(35)27(23(15)33)39-17(43)3-5-49-7-9-51-10-8-50-6-4-18(44)40-28-24(34)16(12-38-14(2)42)22(32)20(26(28)36)30(47)48/h3-12H2,1-2H3,(H,37,41)(H,38,42)(H,39,43)(H,40,44)(H,45,46)(H,47,48). The zero-order valence-electron chi connectivity index (χ0n) is 26.9. The van der Waals surface area contributed by atoms with Crippen molar-refractivity contribution >= 4 is 182 Å². The Balaban J connectivity index is 1.74. The Kier molecular flexibility index (Phi) is 21.5. The third kappa shape index (κ3) is 14.6. The molecule has 0 aliphatic rings. The van der Waals surface area contributed by atoms with E-state index in [1.807, 2.05) is 136 Å². The summed E-state index contributed by atoms with van der Waals surface area (Å²) in [6, 6.07) is 0. The number of hydrogen-bond donors (Lipinski definition) is 6. The summed E-state index contributed by atoms with van der Waals surface area (Å²) in [4.78, 5) is 72.1. The van der Waals surface area contributed by atoms with E-state index in [1.165, 1.54) is 13.8 Å². The van der Waals surface area contributed by atoms with Gasteiger partial charge in [0, 0.05) is 52.3 Å². The number of carboxylic acids is 2. The predicted molar refractivity (Wildman–Crippen MR) is 237 cm³/mol. The molecular formula is C30H32I6N4O11. The first-order valence-corrected chi connectivity index (χ1v) is 21.1. The van der Waals surface area contributed by atoms with Crippen LogP contribution in [0.4, 0.5) is 11.4 Å². The second-order valence-electron chi connectivity index (χ2n) is 10.2. The van der Waals surface area contributed by atoms with Crippen LogP contribution in [0.3, 0.4) is 0 Å². The van der Waals surface area contributed by atoms with Gasteiger partial charge < -0.3 is 45.7 Å². The van der Waals surface area contributed by atoms with Gasteiger partial charge in [0.2, 0.25) is 23.6 Å². The van der Waals surface area contributed by atoms with Crippen molar-refractivity contribution in [1.29, 1.82) is 0 Å². The molecule has 0 fully saturated rings. The number of nitrogens with one attached hydrogen (secondary N) is 4. The average Bonchev–Trinajstić information content (AvgIpc) is 3.03. The van der Waals surface area contributed by atoms with Gasteiger partial charge >= 0.3 is 11.9 Å². The van der Waals surface area contributed by atoms with Gasteiger partial charge in [-0.15, -0.1) is 0 Å². The third-order valence-corrected chi connectivity index (χ3v) is 13.4. The van der Waals surface area contributed by atoms with Crippen LogP contribution < -0.4 is 21.3 Å². The van der Waals surface area contributed by atoms with Gasteiger partial charge in [-0.25, -0.2) is 9.59 Å². The van der Waals surface area contributed by atoms with E-state index in [2.05, 4.69) is 21.3 Å². The maximum Gasteiger partial charge on any atom is 0.337 e. The molecule has 0 saturated heterocycles. The minimum Gasteiger partial charge on any atom is -0.478 e. The fourth-order valence-corrected chi connectivity index (χ4v) is 12.6. The first-order valence-electron chi connectivity index (χ1n) is 14.7. The van der Waals surface area contributed by atoms with Crippen LogP contribution in [0.2, 0.25) is 0 Å². The van der Waals surface area contributed by atoms with Gasteiger partial charge in [0.1, 0.15) is 0 Å². The van der Waals surface area contributed by atoms with E-state index in [4.69, 9.17) is 14.2 Å². The number of aromatic carboxylic acids is 2. The van der Waals surface area contributed by atoms with Gasteiger partial charge in [0.05, 0.1) is 82.1 Å². The first kappa shape index (κ1) is 46.7. The number of hydrogen-bond acceptors (Lipinski definition) is 9. The zero-order valence-corrected chi connectivity index (χ0v) is 39.9. The molecule has 6 N–H and O–H groups in total. The molecule has 0 aliphatic heterocycles. The Morgan fingerprint density at radius 3 is 1.12 bits per heavy atom. The summed E-state index contributed by atoms with van der Waals surface area (Å²) < 4.78 is 19.4. The molecule has 280 valence electrons. The smallest absolute Gasteiger partial charge is 0.337 e. The normalized spacial score (nSPS) is 10.8. The molecule has 2 rings (SSSR count). The Morgan fingerprint density at radius 2 is 0.824 bits per heavy atom. The number of ether oxygens (including phenoxy) is 3. The minimum atomic E-state index is -1.14. The Hall–Kier alpha value is -0.480. The quantitative estimate of drug-likeness (QED) is 0.0730. The van der Waals surface area contributed by atoms with E-state index < -0.39 is 11.9 Å². The number of carbonyl (C=O) groups is 6. The summed E-state index contributed by atoms with van der Waals surface area (Å²) in [7, 11) is 0. The molecule has 21 heteroatoms. The van der Waals surface area contributed by atoms with Crippen molar-refractivity contribution in [1.82, 2.24) is 10.6 Å². The molecule has 0 heterocycles. The fraction of sp³-hybridized carbons (Fsp3) is 0.400. The Labute approximate surface area is 375 Å². The molecule has 2 aromatic rings. The lowest BCUT2D eigenvalue weighted by Gasteiger charge is -2.18. The molecule has 0 unspecified atom stereocenters. The van der Waals surface area contributed by atoms with Gasteiger partial charge in [0.25, 0.3) is 0 Å². The van der Waals surface area contributed by atoms with E-state index >= 15 is 0 Å². The lowest BCUT2D eigenvalue weighted by molar-refractivity contribution is -0.120. The van der Waals surface area contributed by atoms with Crippen molar-refractivity contribution in [2.75, 3.05) is 50.3 Å². The number of benzene rings is 2. The lowest BCUT2D eigenvalue weighted by atomic mass is 10.1. The minimum absolute atomic E-state index is 0.0152. The summed E-state index contributed by atoms with van der Waals surface area (Å²) in [6.07, 6.45) is 0.0304. The molecule has 15 nitrogen and oxygen atoms in total. The van der Waals surface area contributed by atoms with Crippen LogP contribution >= 0.6 is 136 Å². The zero-order chi connectivity index (χ0) is 38.4. The largest absolute Gasteiger partial charge is 0.478 e. The third-order valence-electron chi connectivity index (χ3n) is 6.49. The van der Waals surface area contributed by atoms with Crippen LogP contribution in [0, 0.1) is 21.4 Å². The van der Waals surface area contributed by atoms with Crippen LogP contribution in [-0.2, 0) is 46.5 Å². The number of amides is 4. The van der Waals surface area contributed by atoms with Crippen molar-refractivity contribution in [3.8, 4) is 0 Å². The topological polar surface area (TPSA) is 219 Å². The van der Waals surface area contributed by atoms with Crippen LogP contribution in [0.5, 0.6) is 0 Å². The van der Waals surface area contributed by atoms with Gasteiger partial charge in [-0.3, -0.25) is 19.2 Å². The van der Waals surface area contributed by atoms with Crippen LogP contribution in [-0.4, -0.2) is 85.4 Å². The van der Waals surface area contributed by atoms with Crippen LogP contribution in [0.25, 0.3) is 0 Å². The molecule has 4 amide bonds. The van der Waals surface area contributed by atoms with Gasteiger partial charge in [0.15, 0.2) is 0 Å². The molecule has 0 saturated carbocycles. The predicted octanol–water partition coefficient (Wildman–Crippen LogP) is 5.39. The van der Waals surface area contributed by atoms with Crippen molar-refractivity contribution < 1.29 is 53.2 Å². The molecule has 51 heavy (non-hydrogen) atoms. The number of carboxylic acid groups (broad SMARTS) is 2. The number of carbonyl (C=O) groups excluding carboxylic acids is 4. The summed E-state index contributed by atoms with van der Waals surface area (Å²) in [5, 5.41) is 30.4. The van der Waals surface area contributed by atoms with E-state index in [1.54, 1.807) is 0 Å². The highest BCUT2D eigenvalue weighted by Gasteiger charge is 2.26. The molecule has 2 aromatic carbocycles. The molecule has 0 bridgehead atoms. The van der Waals surface area contributed by atoms with E-state index in [9.17, 15) is 39.0 Å². The van der Waals surface area contributed by atoms with E-state index in [0.29, 0.717) is 43.9 Å². The van der Waals surface area contributed by atoms with Crippen molar-refractivity contribution in [2.45, 2.75) is 39.8 Å². The molecule has 0 radical (unpaired) electrons. The van der Waals surface area contributed by atoms with Gasteiger partial charge in [-0.1, -0.05) is 0 Å². The highest BCUT2D eigenvalue weighted by atomic mass is 127. The number of rotatable bonds is 20. The molecular weight excluding hydrogens is 1350 g/mol. The number of anilines is 2. The van der Waals surface area contributed by atoms with Crippen molar-refractivity contribution in [3.05, 3.63) is 43.7 Å². The van der Waals surface area contributed by atoms with Crippen molar-refractivity contribution in [3.63, 3.8) is 0 Å². The highest BCUT2D eigenvalue weighted by Crippen LogP contribution is 2.37. The van der Waals surface area contributed by atoms with E-state index in [-0.39, 0.29) is 100 Å². The fourth-order valence-electron chi connectivity index (χ4n) is 4.04. The van der Waals surface area contributed by atoms with Crippen molar-refractivity contribution in [2.24, 2.45) is 0 Å². The maximum absolute atomic E-state index is 12.7. The Bertz CT molecular complexity index is 1560. The number of halogens is 6. The monoisotopic (exact) mass is 1390 g/mol. The Morgan fingerprint density at radius 1 is 0.510 bits per heavy atom. The van der Waals surface area contributed by atoms with Crippen LogP contribution in [0.1, 0.15) is 58.5 Å². The summed E-state index contributed by atoms with van der Waals surface area (Å²) in [5.41, 5.74) is 2.00. The first-order chi connectivity index (χ1) is 24.0. The summed E-state index contributed by atoms with van der Waals surface area (Å²) >= 11 is 11.7. The molecule has 0 atom stereocenters. The highest BCUT2D eigenvalue weighted by molar-refractivity contribution is 14.1. The molecule has 0 aromatic heterocycles. The molecule has 0 aliphatic carbocycles. The summed E-state index contributed by atoms with van der Waals surface area (Å²) in [6.45, 7) is 4.07. The second kappa shape index (κ2) is 23.4. The average molecular weight is 1390 g/mol. The van der Waals surface area contributed by atoms with Gasteiger partial charge in [-0.05, 0) is 136 Å².